The molecular weight excluding hydrogens is 422 g/mol. The van der Waals surface area contributed by atoms with Crippen molar-refractivity contribution in [2.45, 2.75) is 46.1 Å². The third-order valence-corrected chi connectivity index (χ3v) is 7.05. The summed E-state index contributed by atoms with van der Waals surface area (Å²) in [4.78, 5) is 21.2. The monoisotopic (exact) mass is 451 g/mol. The zero-order valence-electron chi connectivity index (χ0n) is 18.6. The van der Waals surface area contributed by atoms with E-state index >= 15 is 0 Å². The SMILES string of the molecule is CCN(CC)c1ccc(/C=N/c2sc3c(c2C(=O)NCc2ccco2)CCCC3)c(O)c1. The first-order valence-corrected chi connectivity index (χ1v) is 12.0. The number of fused-ring (bicyclic) bond motifs is 1. The number of anilines is 1. The standard InChI is InChI=1S/C25H29N3O3S/c1-3-28(4-2)18-12-11-17(21(29)14-18)15-27-25-23(20-9-5-6-10-22(20)32-25)24(30)26-16-19-8-7-13-31-19/h7-8,11-15,29H,3-6,9-10,16H2,1-2H3,(H,26,30)/b27-15+. The minimum absolute atomic E-state index is 0.131. The molecule has 7 heteroatoms. The van der Waals surface area contributed by atoms with Gasteiger partial charge in [-0.15, -0.1) is 11.3 Å². The van der Waals surface area contributed by atoms with E-state index in [1.807, 2.05) is 24.3 Å². The van der Waals surface area contributed by atoms with Crippen molar-refractivity contribution in [2.24, 2.45) is 4.99 Å². The molecule has 0 radical (unpaired) electrons. The summed E-state index contributed by atoms with van der Waals surface area (Å²) in [6, 6.07) is 9.28. The van der Waals surface area contributed by atoms with Crippen LogP contribution in [0.4, 0.5) is 10.7 Å². The highest BCUT2D eigenvalue weighted by Gasteiger charge is 2.25. The molecule has 168 valence electrons. The van der Waals surface area contributed by atoms with Crippen molar-refractivity contribution < 1.29 is 14.3 Å². The molecule has 0 aliphatic heterocycles. The molecule has 0 fully saturated rings. The summed E-state index contributed by atoms with van der Waals surface area (Å²) < 4.78 is 5.33. The number of aromatic hydroxyl groups is 1. The predicted octanol–water partition coefficient (Wildman–Crippen LogP) is 5.45. The molecule has 1 aromatic carbocycles. The number of rotatable bonds is 8. The highest BCUT2D eigenvalue weighted by molar-refractivity contribution is 7.16. The number of aryl methyl sites for hydroxylation is 1. The van der Waals surface area contributed by atoms with Crippen LogP contribution < -0.4 is 10.2 Å². The van der Waals surface area contributed by atoms with Crippen LogP contribution in [0.3, 0.4) is 0 Å². The van der Waals surface area contributed by atoms with Crippen molar-refractivity contribution in [3.05, 3.63) is 63.9 Å². The number of furan rings is 1. The van der Waals surface area contributed by atoms with Gasteiger partial charge in [0.05, 0.1) is 18.4 Å². The number of hydrogen-bond acceptors (Lipinski definition) is 6. The van der Waals surface area contributed by atoms with Crippen LogP contribution in [0, 0.1) is 0 Å². The lowest BCUT2D eigenvalue weighted by atomic mass is 9.95. The number of carbonyl (C=O) groups excluding carboxylic acids is 1. The first-order chi connectivity index (χ1) is 15.6. The normalized spacial score (nSPS) is 13.3. The fourth-order valence-electron chi connectivity index (χ4n) is 4.10. The third kappa shape index (κ3) is 4.72. The van der Waals surface area contributed by atoms with Gasteiger partial charge in [0.1, 0.15) is 16.5 Å². The Morgan fingerprint density at radius 3 is 2.78 bits per heavy atom. The average Bonchev–Trinajstić information content (AvgIpc) is 3.45. The summed E-state index contributed by atoms with van der Waals surface area (Å²) in [6.45, 7) is 6.27. The van der Waals surface area contributed by atoms with Crippen LogP contribution in [0.25, 0.3) is 0 Å². The molecule has 3 aromatic rings. The van der Waals surface area contributed by atoms with E-state index in [4.69, 9.17) is 4.42 Å². The molecule has 4 rings (SSSR count). The fourth-order valence-corrected chi connectivity index (χ4v) is 5.33. The maximum absolute atomic E-state index is 13.1. The molecule has 0 atom stereocenters. The first kappa shape index (κ1) is 22.1. The molecule has 0 spiro atoms. The second-order valence-electron chi connectivity index (χ2n) is 7.83. The number of phenols is 1. The van der Waals surface area contributed by atoms with E-state index in [1.165, 1.54) is 4.88 Å². The largest absolute Gasteiger partial charge is 0.507 e. The zero-order valence-corrected chi connectivity index (χ0v) is 19.4. The number of thiophene rings is 1. The molecule has 2 heterocycles. The Bertz CT molecular complexity index is 1100. The fraction of sp³-hybridized carbons (Fsp3) is 0.360. The molecule has 32 heavy (non-hydrogen) atoms. The minimum Gasteiger partial charge on any atom is -0.507 e. The van der Waals surface area contributed by atoms with Gasteiger partial charge in [-0.2, -0.15) is 0 Å². The summed E-state index contributed by atoms with van der Waals surface area (Å²) in [7, 11) is 0. The van der Waals surface area contributed by atoms with Crippen molar-refractivity contribution >= 4 is 34.1 Å². The number of carbonyl (C=O) groups is 1. The Morgan fingerprint density at radius 1 is 1.25 bits per heavy atom. The maximum Gasteiger partial charge on any atom is 0.255 e. The number of nitrogens with zero attached hydrogens (tertiary/aromatic N) is 2. The molecule has 1 amide bonds. The lowest BCUT2D eigenvalue weighted by Gasteiger charge is -2.21. The number of phenolic OH excluding ortho intramolecular Hbond substituents is 1. The molecular formula is C25H29N3O3S. The maximum atomic E-state index is 13.1. The van der Waals surface area contributed by atoms with Crippen LogP contribution in [-0.2, 0) is 19.4 Å². The Hall–Kier alpha value is -3.06. The molecule has 2 aromatic heterocycles. The lowest BCUT2D eigenvalue weighted by molar-refractivity contribution is 0.0948. The number of nitrogens with one attached hydrogen (secondary N) is 1. The predicted molar refractivity (Wildman–Crippen MR) is 130 cm³/mol. The van der Waals surface area contributed by atoms with E-state index in [9.17, 15) is 9.90 Å². The van der Waals surface area contributed by atoms with Crippen LogP contribution >= 0.6 is 11.3 Å². The van der Waals surface area contributed by atoms with E-state index < -0.39 is 0 Å². The number of hydrogen-bond donors (Lipinski definition) is 2. The Morgan fingerprint density at radius 2 is 2.06 bits per heavy atom. The van der Waals surface area contributed by atoms with Gasteiger partial charge in [-0.05, 0) is 69.4 Å². The van der Waals surface area contributed by atoms with Crippen LogP contribution in [0.2, 0.25) is 0 Å². The van der Waals surface area contributed by atoms with Crippen molar-refractivity contribution in [1.29, 1.82) is 0 Å². The van der Waals surface area contributed by atoms with Gasteiger partial charge < -0.3 is 19.7 Å². The van der Waals surface area contributed by atoms with Gasteiger partial charge >= 0.3 is 0 Å². The van der Waals surface area contributed by atoms with Gasteiger partial charge in [0.15, 0.2) is 0 Å². The average molecular weight is 452 g/mol. The Labute approximate surface area is 192 Å². The second kappa shape index (κ2) is 10.0. The van der Waals surface area contributed by atoms with E-state index in [-0.39, 0.29) is 11.7 Å². The summed E-state index contributed by atoms with van der Waals surface area (Å²) in [5.74, 6) is 0.767. The molecule has 1 aliphatic carbocycles. The van der Waals surface area contributed by atoms with Gasteiger partial charge in [-0.1, -0.05) is 0 Å². The second-order valence-corrected chi connectivity index (χ2v) is 8.91. The Balaban J connectivity index is 1.60. The lowest BCUT2D eigenvalue weighted by Crippen LogP contribution is -2.23. The number of benzene rings is 1. The van der Waals surface area contributed by atoms with Crippen LogP contribution in [0.15, 0.2) is 46.0 Å². The molecule has 0 saturated carbocycles. The van der Waals surface area contributed by atoms with Crippen molar-refractivity contribution in [3.8, 4) is 5.75 Å². The van der Waals surface area contributed by atoms with Gasteiger partial charge in [-0.25, -0.2) is 4.99 Å². The minimum atomic E-state index is -0.131. The van der Waals surface area contributed by atoms with Gasteiger partial charge in [0.25, 0.3) is 5.91 Å². The quantitative estimate of drug-likeness (QED) is 0.446. The Kier molecular flexibility index (Phi) is 6.95. The van der Waals surface area contributed by atoms with Crippen LogP contribution in [0.5, 0.6) is 5.75 Å². The molecule has 1 aliphatic rings. The van der Waals surface area contributed by atoms with Gasteiger partial charge in [0.2, 0.25) is 0 Å². The summed E-state index contributed by atoms with van der Waals surface area (Å²) >= 11 is 1.58. The van der Waals surface area contributed by atoms with Crippen molar-refractivity contribution in [3.63, 3.8) is 0 Å². The molecule has 2 N–H and O–H groups in total. The zero-order chi connectivity index (χ0) is 22.5. The van der Waals surface area contributed by atoms with E-state index in [0.29, 0.717) is 28.4 Å². The molecule has 6 nitrogen and oxygen atoms in total. The third-order valence-electron chi connectivity index (χ3n) is 5.85. The number of amides is 1. The topological polar surface area (TPSA) is 78.1 Å². The van der Waals surface area contributed by atoms with Gasteiger partial charge in [-0.3, -0.25) is 4.79 Å². The summed E-state index contributed by atoms with van der Waals surface area (Å²) in [5, 5.41) is 14.2. The number of aliphatic imine (C=N–C) groups is 1. The van der Waals surface area contributed by atoms with Gasteiger partial charge in [0, 0.05) is 41.5 Å². The highest BCUT2D eigenvalue weighted by Crippen LogP contribution is 2.40. The molecule has 0 bridgehead atoms. The summed E-state index contributed by atoms with van der Waals surface area (Å²) in [5.41, 5.74) is 3.39. The first-order valence-electron chi connectivity index (χ1n) is 11.2. The van der Waals surface area contributed by atoms with Crippen molar-refractivity contribution in [1.82, 2.24) is 5.32 Å². The van der Waals surface area contributed by atoms with Crippen molar-refractivity contribution in [2.75, 3.05) is 18.0 Å². The van der Waals surface area contributed by atoms with Crippen LogP contribution in [-0.4, -0.2) is 30.3 Å². The van der Waals surface area contributed by atoms with Crippen LogP contribution in [0.1, 0.15) is 58.8 Å². The highest BCUT2D eigenvalue weighted by atomic mass is 32.1. The molecule has 0 unspecified atom stereocenters. The van der Waals surface area contributed by atoms with E-state index in [0.717, 1.165) is 50.0 Å². The smallest absolute Gasteiger partial charge is 0.255 e. The van der Waals surface area contributed by atoms with E-state index in [1.54, 1.807) is 29.9 Å². The van der Waals surface area contributed by atoms with E-state index in [2.05, 4.69) is 29.1 Å². The summed E-state index contributed by atoms with van der Waals surface area (Å²) in [6.07, 6.45) is 7.35. The molecule has 0 saturated heterocycles.